The number of rotatable bonds is 5. The van der Waals surface area contributed by atoms with Gasteiger partial charge in [-0.2, -0.15) is 4.68 Å². The minimum absolute atomic E-state index is 0.0572. The zero-order chi connectivity index (χ0) is 18.8. The van der Waals surface area contributed by atoms with Gasteiger partial charge >= 0.3 is 0 Å². The van der Waals surface area contributed by atoms with Crippen LogP contribution in [0.25, 0.3) is 5.69 Å². The number of anilines is 1. The second-order valence-corrected chi connectivity index (χ2v) is 7.25. The number of aromatic nitrogens is 4. The Bertz CT molecular complexity index is 957. The van der Waals surface area contributed by atoms with E-state index in [4.69, 9.17) is 4.74 Å². The van der Waals surface area contributed by atoms with E-state index >= 15 is 0 Å². The largest absolute Gasteiger partial charge is 0.497 e. The molecule has 0 saturated carbocycles. The lowest BCUT2D eigenvalue weighted by molar-refractivity contribution is -0.116. The smallest absolute Gasteiger partial charge is 0.237 e. The van der Waals surface area contributed by atoms with Gasteiger partial charge in [0.05, 0.1) is 18.6 Å². The number of para-hydroxylation sites is 1. The molecule has 138 valence electrons. The van der Waals surface area contributed by atoms with Crippen molar-refractivity contribution >= 4 is 23.4 Å². The Morgan fingerprint density at radius 1 is 1.22 bits per heavy atom. The molecule has 0 bridgehead atoms. The van der Waals surface area contributed by atoms with E-state index in [0.29, 0.717) is 5.16 Å². The number of amides is 1. The van der Waals surface area contributed by atoms with Gasteiger partial charge in [-0.1, -0.05) is 30.0 Å². The van der Waals surface area contributed by atoms with Gasteiger partial charge in [-0.05, 0) is 59.7 Å². The van der Waals surface area contributed by atoms with Crippen LogP contribution in [0.3, 0.4) is 0 Å². The van der Waals surface area contributed by atoms with Crippen molar-refractivity contribution in [2.24, 2.45) is 0 Å². The summed E-state index contributed by atoms with van der Waals surface area (Å²) in [6.07, 6.45) is 0.885. The predicted octanol–water partition coefficient (Wildman–Crippen LogP) is 2.74. The first kappa shape index (κ1) is 17.5. The molecule has 0 aliphatic carbocycles. The lowest BCUT2D eigenvalue weighted by Gasteiger charge is -2.22. The van der Waals surface area contributed by atoms with Crippen LogP contribution < -0.4 is 9.64 Å². The molecule has 8 heteroatoms. The van der Waals surface area contributed by atoms with Gasteiger partial charge in [-0.3, -0.25) is 4.79 Å². The Hall–Kier alpha value is -2.87. The maximum Gasteiger partial charge on any atom is 0.237 e. The van der Waals surface area contributed by atoms with Gasteiger partial charge in [0, 0.05) is 11.7 Å². The summed E-state index contributed by atoms with van der Waals surface area (Å²) in [5.41, 5.74) is 3.03. The number of hydrogen-bond donors (Lipinski definition) is 0. The molecule has 0 fully saturated rings. The van der Waals surface area contributed by atoms with Crippen LogP contribution in [-0.4, -0.2) is 45.0 Å². The minimum Gasteiger partial charge on any atom is -0.497 e. The van der Waals surface area contributed by atoms with E-state index in [9.17, 15) is 4.79 Å². The lowest BCUT2D eigenvalue weighted by Crippen LogP contribution is -2.37. The van der Waals surface area contributed by atoms with Crippen molar-refractivity contribution in [2.45, 2.75) is 24.5 Å². The minimum atomic E-state index is 0.0572. The molecule has 2 aromatic carbocycles. The third kappa shape index (κ3) is 3.40. The van der Waals surface area contributed by atoms with Crippen LogP contribution in [0.2, 0.25) is 0 Å². The number of thioether (sulfide) groups is 1. The van der Waals surface area contributed by atoms with Crippen LogP contribution in [-0.2, 0) is 11.2 Å². The second kappa shape index (κ2) is 7.40. The average Bonchev–Trinajstić information content (AvgIpc) is 3.29. The molecule has 1 amide bonds. The first-order chi connectivity index (χ1) is 13.2. The molecule has 2 heterocycles. The number of benzene rings is 2. The lowest BCUT2D eigenvalue weighted by atomic mass is 10.1. The average molecular weight is 381 g/mol. The van der Waals surface area contributed by atoms with Crippen LogP contribution in [0.5, 0.6) is 5.75 Å². The summed E-state index contributed by atoms with van der Waals surface area (Å²) >= 11 is 1.33. The summed E-state index contributed by atoms with van der Waals surface area (Å²) in [6.45, 7) is 2.07. The predicted molar refractivity (Wildman–Crippen MR) is 104 cm³/mol. The fraction of sp³-hybridized carbons (Fsp3) is 0.263. The van der Waals surface area contributed by atoms with Crippen molar-refractivity contribution < 1.29 is 9.53 Å². The van der Waals surface area contributed by atoms with Crippen LogP contribution in [0.1, 0.15) is 12.5 Å². The SMILES string of the molecule is COc1ccc(-n2nnnc2SCC(=O)N2c3ccccc3C[C@H]2C)cc1. The van der Waals surface area contributed by atoms with Gasteiger partial charge in [0.25, 0.3) is 0 Å². The highest BCUT2D eigenvalue weighted by Crippen LogP contribution is 2.32. The normalized spacial score (nSPS) is 15.6. The molecule has 1 aromatic heterocycles. The number of carbonyl (C=O) groups is 1. The highest BCUT2D eigenvalue weighted by molar-refractivity contribution is 7.99. The van der Waals surface area contributed by atoms with Crippen LogP contribution in [0.15, 0.2) is 53.7 Å². The van der Waals surface area contributed by atoms with E-state index in [0.717, 1.165) is 23.5 Å². The van der Waals surface area contributed by atoms with E-state index in [1.807, 2.05) is 47.4 Å². The van der Waals surface area contributed by atoms with Crippen molar-refractivity contribution in [1.29, 1.82) is 0 Å². The Kier molecular flexibility index (Phi) is 4.81. The molecular weight excluding hydrogens is 362 g/mol. The highest BCUT2D eigenvalue weighted by Gasteiger charge is 2.30. The molecule has 1 aliphatic heterocycles. The van der Waals surface area contributed by atoms with Crippen LogP contribution >= 0.6 is 11.8 Å². The van der Waals surface area contributed by atoms with Crippen LogP contribution in [0, 0.1) is 0 Å². The monoisotopic (exact) mass is 381 g/mol. The number of tetrazole rings is 1. The van der Waals surface area contributed by atoms with E-state index < -0.39 is 0 Å². The summed E-state index contributed by atoms with van der Waals surface area (Å²) in [5.74, 6) is 1.09. The fourth-order valence-corrected chi connectivity index (χ4v) is 4.05. The first-order valence-corrected chi connectivity index (χ1v) is 9.61. The third-order valence-electron chi connectivity index (χ3n) is 4.56. The molecule has 0 unspecified atom stereocenters. The van der Waals surface area contributed by atoms with Gasteiger partial charge < -0.3 is 9.64 Å². The Labute approximate surface area is 161 Å². The number of methoxy groups -OCH3 is 1. The van der Waals surface area contributed by atoms with Crippen LogP contribution in [0.4, 0.5) is 5.69 Å². The Morgan fingerprint density at radius 2 is 2.00 bits per heavy atom. The summed E-state index contributed by atoms with van der Waals surface area (Å²) < 4.78 is 6.80. The molecule has 27 heavy (non-hydrogen) atoms. The number of fused-ring (bicyclic) bond motifs is 1. The van der Waals surface area contributed by atoms with E-state index in [2.05, 4.69) is 28.5 Å². The maximum atomic E-state index is 12.9. The standard InChI is InChI=1S/C19H19N5O2S/c1-13-11-14-5-3-4-6-17(14)23(13)18(25)12-27-19-20-21-22-24(19)15-7-9-16(26-2)10-8-15/h3-10,13H,11-12H2,1-2H3/t13-/m1/s1. The third-order valence-corrected chi connectivity index (χ3v) is 5.46. The van der Waals surface area contributed by atoms with Crippen molar-refractivity contribution in [2.75, 3.05) is 17.8 Å². The van der Waals surface area contributed by atoms with Gasteiger partial charge in [0.15, 0.2) is 0 Å². The molecular formula is C19H19N5O2S. The molecule has 1 aliphatic rings. The molecule has 0 spiro atoms. The van der Waals surface area contributed by atoms with Gasteiger partial charge in [-0.25, -0.2) is 0 Å². The Balaban J connectivity index is 1.48. The molecule has 0 N–H and O–H groups in total. The van der Waals surface area contributed by atoms with Crippen molar-refractivity contribution in [3.8, 4) is 11.4 Å². The number of hydrogen-bond acceptors (Lipinski definition) is 6. The summed E-state index contributed by atoms with van der Waals surface area (Å²) in [7, 11) is 1.62. The van der Waals surface area contributed by atoms with E-state index in [1.54, 1.807) is 11.8 Å². The molecule has 4 rings (SSSR count). The highest BCUT2D eigenvalue weighted by atomic mass is 32.2. The molecule has 3 aromatic rings. The van der Waals surface area contributed by atoms with E-state index in [1.165, 1.54) is 17.3 Å². The number of nitrogens with zero attached hydrogens (tertiary/aromatic N) is 5. The maximum absolute atomic E-state index is 12.9. The first-order valence-electron chi connectivity index (χ1n) is 8.63. The molecule has 0 radical (unpaired) electrons. The zero-order valence-electron chi connectivity index (χ0n) is 15.1. The topological polar surface area (TPSA) is 73.1 Å². The molecule has 0 saturated heterocycles. The quantitative estimate of drug-likeness (QED) is 0.633. The fourth-order valence-electron chi connectivity index (χ4n) is 3.30. The van der Waals surface area contributed by atoms with Gasteiger partial charge in [0.1, 0.15) is 5.75 Å². The number of carbonyl (C=O) groups excluding carboxylic acids is 1. The Morgan fingerprint density at radius 3 is 2.78 bits per heavy atom. The van der Waals surface area contributed by atoms with Crippen molar-refractivity contribution in [1.82, 2.24) is 20.2 Å². The van der Waals surface area contributed by atoms with Gasteiger partial charge in [0.2, 0.25) is 11.1 Å². The second-order valence-electron chi connectivity index (χ2n) is 6.31. The van der Waals surface area contributed by atoms with Crippen molar-refractivity contribution in [3.05, 3.63) is 54.1 Å². The zero-order valence-corrected chi connectivity index (χ0v) is 15.9. The summed E-state index contributed by atoms with van der Waals surface area (Å²) in [5, 5.41) is 12.4. The molecule has 7 nitrogen and oxygen atoms in total. The van der Waals surface area contributed by atoms with Crippen molar-refractivity contribution in [3.63, 3.8) is 0 Å². The molecule has 1 atom stereocenters. The number of ether oxygens (including phenoxy) is 1. The van der Waals surface area contributed by atoms with E-state index in [-0.39, 0.29) is 17.7 Å². The van der Waals surface area contributed by atoms with Gasteiger partial charge in [-0.15, -0.1) is 5.10 Å². The summed E-state index contributed by atoms with van der Waals surface area (Å²) in [6, 6.07) is 15.7. The summed E-state index contributed by atoms with van der Waals surface area (Å²) in [4.78, 5) is 14.7.